The summed E-state index contributed by atoms with van der Waals surface area (Å²) in [4.78, 5) is 2.39. The summed E-state index contributed by atoms with van der Waals surface area (Å²) in [5.41, 5.74) is 10.1. The highest BCUT2D eigenvalue weighted by atomic mass is 16.5. The molecule has 1 fully saturated rings. The number of aryl methyl sites for hydroxylation is 1. The van der Waals surface area contributed by atoms with E-state index in [1.165, 1.54) is 38.9 Å². The quantitative estimate of drug-likeness (QED) is 0.187. The maximum atomic E-state index is 7.53. The van der Waals surface area contributed by atoms with Crippen molar-refractivity contribution in [1.82, 2.24) is 0 Å². The summed E-state index contributed by atoms with van der Waals surface area (Å²) in [6, 6.07) is 42.9. The van der Waals surface area contributed by atoms with Gasteiger partial charge in [0.2, 0.25) is 0 Å². The van der Waals surface area contributed by atoms with E-state index in [1.54, 1.807) is 0 Å². The van der Waals surface area contributed by atoms with Crippen molar-refractivity contribution >= 4 is 22.5 Å². The Bertz CT molecular complexity index is 2230. The number of rotatable bonds is 5. The minimum absolute atomic E-state index is 0.186. The first-order valence-corrected chi connectivity index (χ1v) is 17.3. The zero-order chi connectivity index (χ0) is 33.2. The molecule has 2 aliphatic heterocycles. The van der Waals surface area contributed by atoms with Crippen LogP contribution in [-0.4, -0.2) is 26.3 Å². The Kier molecular flexibility index (Phi) is 6.93. The number of para-hydroxylation sites is 1. The van der Waals surface area contributed by atoms with Crippen molar-refractivity contribution in [3.63, 3.8) is 0 Å². The van der Waals surface area contributed by atoms with E-state index in [1.807, 2.05) is 42.5 Å². The standard InChI is InChI=1S/C45H39NO3/c1-30-13-22-38-40(29-30)44(2,3)42-39-23-24-45(49-43(39)37-12-8-7-11-36(37)41(38)42,31-14-18-33(19-15-31)46-25-27-47-28-26-46)32-16-20-35(21-17-32)48-34-9-5-4-6-10-34/h4-24,29H,25-28H2,1-3H3. The monoisotopic (exact) mass is 641 g/mol. The molecule has 1 saturated heterocycles. The third-order valence-corrected chi connectivity index (χ3v) is 10.6. The van der Waals surface area contributed by atoms with E-state index >= 15 is 0 Å². The van der Waals surface area contributed by atoms with Crippen LogP contribution in [0.15, 0.2) is 127 Å². The van der Waals surface area contributed by atoms with Gasteiger partial charge >= 0.3 is 0 Å². The number of hydrogen-bond acceptors (Lipinski definition) is 4. The average Bonchev–Trinajstić information content (AvgIpc) is 3.38. The van der Waals surface area contributed by atoms with E-state index in [9.17, 15) is 0 Å². The Morgan fingerprint density at radius 1 is 0.694 bits per heavy atom. The highest BCUT2D eigenvalue weighted by Crippen LogP contribution is 2.58. The molecule has 1 aliphatic carbocycles. The maximum Gasteiger partial charge on any atom is 0.178 e. The lowest BCUT2D eigenvalue weighted by molar-refractivity contribution is 0.122. The molecule has 0 spiro atoms. The fourth-order valence-corrected chi connectivity index (χ4v) is 8.16. The van der Waals surface area contributed by atoms with Gasteiger partial charge in [0.25, 0.3) is 0 Å². The number of hydrogen-bond donors (Lipinski definition) is 0. The first-order valence-electron chi connectivity index (χ1n) is 17.3. The number of nitrogens with zero attached hydrogens (tertiary/aromatic N) is 1. The van der Waals surface area contributed by atoms with E-state index in [0.29, 0.717) is 0 Å². The summed E-state index contributed by atoms with van der Waals surface area (Å²) in [5, 5.41) is 2.36. The molecule has 9 rings (SSSR count). The van der Waals surface area contributed by atoms with Crippen LogP contribution in [0, 0.1) is 6.92 Å². The molecule has 4 heteroatoms. The van der Waals surface area contributed by atoms with Gasteiger partial charge in [0.15, 0.2) is 5.60 Å². The van der Waals surface area contributed by atoms with Gasteiger partial charge in [-0.2, -0.15) is 0 Å². The van der Waals surface area contributed by atoms with Crippen LogP contribution in [0.3, 0.4) is 0 Å². The lowest BCUT2D eigenvalue weighted by Crippen LogP contribution is -2.37. The van der Waals surface area contributed by atoms with Crippen molar-refractivity contribution in [2.75, 3.05) is 31.2 Å². The van der Waals surface area contributed by atoms with Gasteiger partial charge in [-0.1, -0.05) is 110 Å². The second kappa shape index (κ2) is 11.4. The van der Waals surface area contributed by atoms with E-state index < -0.39 is 5.60 Å². The number of anilines is 1. The van der Waals surface area contributed by atoms with Crippen LogP contribution in [-0.2, 0) is 15.8 Å². The van der Waals surface area contributed by atoms with Gasteiger partial charge in [-0.3, -0.25) is 0 Å². The van der Waals surface area contributed by atoms with Crippen LogP contribution in [0.4, 0.5) is 5.69 Å². The number of benzene rings is 6. The average molecular weight is 642 g/mol. The summed E-state index contributed by atoms with van der Waals surface area (Å²) < 4.78 is 19.3. The van der Waals surface area contributed by atoms with Gasteiger partial charge in [-0.25, -0.2) is 0 Å². The lowest BCUT2D eigenvalue weighted by Gasteiger charge is -2.39. The molecule has 2 heterocycles. The second-order valence-electron chi connectivity index (χ2n) is 14.0. The van der Waals surface area contributed by atoms with Gasteiger partial charge in [-0.05, 0) is 77.0 Å². The molecule has 0 radical (unpaired) electrons. The van der Waals surface area contributed by atoms with Crippen LogP contribution in [0.1, 0.15) is 47.2 Å². The fraction of sp³-hybridized carbons (Fsp3) is 0.200. The number of morpholine rings is 1. The normalized spacial score (nSPS) is 18.8. The predicted octanol–water partition coefficient (Wildman–Crippen LogP) is 10.4. The molecular formula is C45H39NO3. The highest BCUT2D eigenvalue weighted by Gasteiger charge is 2.44. The van der Waals surface area contributed by atoms with Crippen molar-refractivity contribution in [2.45, 2.75) is 31.8 Å². The molecule has 0 aromatic heterocycles. The molecule has 6 aromatic carbocycles. The molecule has 242 valence electrons. The molecular weight excluding hydrogens is 602 g/mol. The third-order valence-electron chi connectivity index (χ3n) is 10.6. The zero-order valence-corrected chi connectivity index (χ0v) is 28.2. The summed E-state index contributed by atoms with van der Waals surface area (Å²) >= 11 is 0. The maximum absolute atomic E-state index is 7.53. The van der Waals surface area contributed by atoms with Crippen LogP contribution in [0.5, 0.6) is 17.2 Å². The molecule has 0 N–H and O–H groups in total. The number of ether oxygens (including phenoxy) is 3. The molecule has 4 nitrogen and oxygen atoms in total. The first-order chi connectivity index (χ1) is 23.9. The number of fused-ring (bicyclic) bond motifs is 8. The van der Waals surface area contributed by atoms with Crippen LogP contribution in [0.25, 0.3) is 28.0 Å². The van der Waals surface area contributed by atoms with Gasteiger partial charge in [0.1, 0.15) is 17.2 Å². The Balaban J connectivity index is 1.21. The molecule has 0 amide bonds. The van der Waals surface area contributed by atoms with Crippen molar-refractivity contribution in [1.29, 1.82) is 0 Å². The SMILES string of the molecule is Cc1ccc2c(c1)C(C)(C)c1c3c(c4ccccc4c1-2)OC(c1ccc(Oc2ccccc2)cc1)(c1ccc(N2CCOCC2)cc1)C=C3. The highest BCUT2D eigenvalue weighted by molar-refractivity contribution is 6.08. The van der Waals surface area contributed by atoms with Gasteiger partial charge in [0, 0.05) is 46.3 Å². The van der Waals surface area contributed by atoms with E-state index in [4.69, 9.17) is 14.2 Å². The summed E-state index contributed by atoms with van der Waals surface area (Å²) in [6.45, 7) is 10.2. The molecule has 0 bridgehead atoms. The van der Waals surface area contributed by atoms with Crippen LogP contribution < -0.4 is 14.4 Å². The van der Waals surface area contributed by atoms with E-state index in [-0.39, 0.29) is 5.41 Å². The fourth-order valence-electron chi connectivity index (χ4n) is 8.16. The molecule has 1 atom stereocenters. The zero-order valence-electron chi connectivity index (χ0n) is 28.2. The van der Waals surface area contributed by atoms with Gasteiger partial charge in [-0.15, -0.1) is 0 Å². The van der Waals surface area contributed by atoms with Gasteiger partial charge < -0.3 is 19.1 Å². The second-order valence-corrected chi connectivity index (χ2v) is 14.0. The Morgan fingerprint density at radius 3 is 2.08 bits per heavy atom. The Hall–Kier alpha value is -5.32. The van der Waals surface area contributed by atoms with Crippen LogP contribution in [0.2, 0.25) is 0 Å². The lowest BCUT2D eigenvalue weighted by atomic mass is 9.76. The molecule has 3 aliphatic rings. The topological polar surface area (TPSA) is 30.9 Å². The minimum Gasteiger partial charge on any atom is -0.472 e. The first kappa shape index (κ1) is 29.8. The van der Waals surface area contributed by atoms with Crippen molar-refractivity contribution in [2.24, 2.45) is 0 Å². The van der Waals surface area contributed by atoms with Crippen molar-refractivity contribution in [3.05, 3.63) is 161 Å². The minimum atomic E-state index is -0.856. The van der Waals surface area contributed by atoms with E-state index in [2.05, 4.69) is 117 Å². The van der Waals surface area contributed by atoms with Crippen LogP contribution >= 0.6 is 0 Å². The molecule has 1 unspecified atom stereocenters. The summed E-state index contributed by atoms with van der Waals surface area (Å²) in [6.07, 6.45) is 4.60. The molecule has 49 heavy (non-hydrogen) atoms. The van der Waals surface area contributed by atoms with Gasteiger partial charge in [0.05, 0.1) is 13.2 Å². The predicted molar refractivity (Wildman–Crippen MR) is 199 cm³/mol. The van der Waals surface area contributed by atoms with Crippen molar-refractivity contribution in [3.8, 4) is 28.4 Å². The summed E-state index contributed by atoms with van der Waals surface area (Å²) in [5.74, 6) is 2.52. The Morgan fingerprint density at radius 2 is 1.35 bits per heavy atom. The molecule has 6 aromatic rings. The summed E-state index contributed by atoms with van der Waals surface area (Å²) in [7, 11) is 0. The smallest absolute Gasteiger partial charge is 0.178 e. The van der Waals surface area contributed by atoms with E-state index in [0.717, 1.165) is 65.6 Å². The van der Waals surface area contributed by atoms with Crippen molar-refractivity contribution < 1.29 is 14.2 Å². The molecule has 0 saturated carbocycles. The largest absolute Gasteiger partial charge is 0.472 e. The Labute approximate surface area is 288 Å². The third kappa shape index (κ3) is 4.77.